The molecular weight excluding hydrogens is 301 g/mol. The molecule has 0 radical (unpaired) electrons. The zero-order valence-electron chi connectivity index (χ0n) is 11.6. The lowest BCUT2D eigenvalue weighted by atomic mass is 10.0. The molecule has 0 aliphatic carbocycles. The number of nitrogens with one attached hydrogen (secondary N) is 1. The summed E-state index contributed by atoms with van der Waals surface area (Å²) in [6.45, 7) is 5.27. The minimum atomic E-state index is -0.617. The van der Waals surface area contributed by atoms with E-state index in [1.54, 1.807) is 39.0 Å². The van der Waals surface area contributed by atoms with Gasteiger partial charge in [0.15, 0.2) is 0 Å². The van der Waals surface area contributed by atoms with Crippen LogP contribution in [0.4, 0.5) is 4.79 Å². The Labute approximate surface area is 128 Å². The number of alkyl carbamates (subject to hydrolysis) is 1. The summed E-state index contributed by atoms with van der Waals surface area (Å²) in [6, 6.07) is 4.48. The molecule has 0 saturated carbocycles. The Hall–Kier alpha value is -1.26. The van der Waals surface area contributed by atoms with Crippen LogP contribution in [0, 0.1) is 0 Å². The second kappa shape index (κ2) is 6.95. The van der Waals surface area contributed by atoms with Crippen molar-refractivity contribution in [3.05, 3.63) is 33.8 Å². The van der Waals surface area contributed by atoms with Crippen LogP contribution in [0.2, 0.25) is 10.0 Å². The second-order valence-corrected chi connectivity index (χ2v) is 6.03. The minimum absolute atomic E-state index is 0.0826. The van der Waals surface area contributed by atoms with E-state index in [4.69, 9.17) is 27.9 Å². The summed E-state index contributed by atoms with van der Waals surface area (Å²) < 4.78 is 5.16. The number of carbonyl (C=O) groups is 2. The van der Waals surface area contributed by atoms with Crippen LogP contribution in [-0.2, 0) is 9.53 Å². The van der Waals surface area contributed by atoms with Gasteiger partial charge < -0.3 is 14.8 Å². The van der Waals surface area contributed by atoms with Gasteiger partial charge in [-0.3, -0.25) is 0 Å². The molecule has 4 nitrogen and oxygen atoms in total. The van der Waals surface area contributed by atoms with Crippen molar-refractivity contribution in [2.45, 2.75) is 38.8 Å². The van der Waals surface area contributed by atoms with Gasteiger partial charge in [-0.25, -0.2) is 4.79 Å². The van der Waals surface area contributed by atoms with Crippen molar-refractivity contribution in [3.63, 3.8) is 0 Å². The van der Waals surface area contributed by atoms with Crippen molar-refractivity contribution in [1.29, 1.82) is 0 Å². The molecule has 1 atom stereocenters. The molecule has 0 heterocycles. The molecule has 0 aliphatic rings. The monoisotopic (exact) mass is 317 g/mol. The van der Waals surface area contributed by atoms with Gasteiger partial charge in [-0.05, 0) is 32.4 Å². The van der Waals surface area contributed by atoms with Crippen molar-refractivity contribution in [2.75, 3.05) is 0 Å². The summed E-state index contributed by atoms with van der Waals surface area (Å²) in [4.78, 5) is 22.6. The molecule has 1 N–H and O–H groups in total. The third-order valence-electron chi connectivity index (χ3n) is 2.38. The highest BCUT2D eigenvalue weighted by atomic mass is 35.5. The molecule has 1 aromatic rings. The molecule has 20 heavy (non-hydrogen) atoms. The molecule has 0 spiro atoms. The molecule has 0 unspecified atom stereocenters. The number of halogens is 2. The quantitative estimate of drug-likeness (QED) is 0.849. The fourth-order valence-corrected chi connectivity index (χ4v) is 2.04. The molecule has 110 valence electrons. The van der Waals surface area contributed by atoms with E-state index < -0.39 is 17.7 Å². The average molecular weight is 318 g/mol. The summed E-state index contributed by atoms with van der Waals surface area (Å²) in [6.07, 6.45) is 0.180. The predicted molar refractivity (Wildman–Crippen MR) is 79.3 cm³/mol. The Balaban J connectivity index is 2.92. The van der Waals surface area contributed by atoms with Crippen LogP contribution in [0.1, 0.15) is 38.8 Å². The lowest BCUT2D eigenvalue weighted by Crippen LogP contribution is -2.35. The Morgan fingerprint density at radius 1 is 1.40 bits per heavy atom. The zero-order valence-corrected chi connectivity index (χ0v) is 13.1. The van der Waals surface area contributed by atoms with Crippen LogP contribution < -0.4 is 5.32 Å². The van der Waals surface area contributed by atoms with Crippen LogP contribution in [0.15, 0.2) is 18.2 Å². The van der Waals surface area contributed by atoms with E-state index >= 15 is 0 Å². The first-order valence-corrected chi connectivity index (χ1v) is 6.87. The number of ether oxygens (including phenoxy) is 1. The average Bonchev–Trinajstić information content (AvgIpc) is 2.30. The minimum Gasteiger partial charge on any atom is -0.444 e. The van der Waals surface area contributed by atoms with E-state index in [2.05, 4.69) is 5.32 Å². The Bertz CT molecular complexity index is 498. The summed E-state index contributed by atoms with van der Waals surface area (Å²) >= 11 is 12.0. The Kier molecular flexibility index (Phi) is 5.84. The van der Waals surface area contributed by atoms with Crippen molar-refractivity contribution in [1.82, 2.24) is 5.32 Å². The normalized spacial score (nSPS) is 12.7. The van der Waals surface area contributed by atoms with E-state index in [-0.39, 0.29) is 6.42 Å². The summed E-state index contributed by atoms with van der Waals surface area (Å²) in [5.41, 5.74) is -0.0365. The first-order valence-electron chi connectivity index (χ1n) is 6.11. The van der Waals surface area contributed by atoms with Gasteiger partial charge in [0.1, 0.15) is 11.9 Å². The highest BCUT2D eigenvalue weighted by Gasteiger charge is 2.22. The SMILES string of the molecule is CC(C)(C)OC(=O)N[C@@H](CC=O)c1cccc(Cl)c1Cl. The van der Waals surface area contributed by atoms with Crippen LogP contribution in [0.5, 0.6) is 0 Å². The van der Waals surface area contributed by atoms with Crippen LogP contribution in [-0.4, -0.2) is 18.0 Å². The maximum absolute atomic E-state index is 11.8. The third kappa shape index (κ3) is 5.02. The van der Waals surface area contributed by atoms with Gasteiger partial charge in [-0.15, -0.1) is 0 Å². The maximum Gasteiger partial charge on any atom is 0.408 e. The first kappa shape index (κ1) is 16.8. The number of hydrogen-bond donors (Lipinski definition) is 1. The topological polar surface area (TPSA) is 55.4 Å². The lowest BCUT2D eigenvalue weighted by molar-refractivity contribution is -0.108. The highest BCUT2D eigenvalue weighted by Crippen LogP contribution is 2.31. The molecule has 0 fully saturated rings. The van der Waals surface area contributed by atoms with Crippen molar-refractivity contribution >= 4 is 35.6 Å². The first-order chi connectivity index (χ1) is 9.24. The molecule has 0 bridgehead atoms. The highest BCUT2D eigenvalue weighted by molar-refractivity contribution is 6.42. The number of aldehydes is 1. The maximum atomic E-state index is 11.8. The van der Waals surface area contributed by atoms with Gasteiger partial charge in [0.2, 0.25) is 0 Å². The summed E-state index contributed by atoms with van der Waals surface area (Å²) in [5.74, 6) is 0. The molecule has 0 aliphatic heterocycles. The van der Waals surface area contributed by atoms with Crippen molar-refractivity contribution < 1.29 is 14.3 Å². The van der Waals surface area contributed by atoms with Gasteiger partial charge in [0, 0.05) is 6.42 Å². The van der Waals surface area contributed by atoms with Crippen molar-refractivity contribution in [3.8, 4) is 0 Å². The number of benzene rings is 1. The fourth-order valence-electron chi connectivity index (χ4n) is 1.60. The van der Waals surface area contributed by atoms with E-state index in [9.17, 15) is 9.59 Å². The molecule has 0 saturated heterocycles. The van der Waals surface area contributed by atoms with Gasteiger partial charge >= 0.3 is 6.09 Å². The molecule has 1 aromatic carbocycles. The molecule has 6 heteroatoms. The van der Waals surface area contributed by atoms with E-state index in [1.165, 1.54) is 0 Å². The summed E-state index contributed by atoms with van der Waals surface area (Å²) in [7, 11) is 0. The molecular formula is C14H17Cl2NO3. The molecule has 1 rings (SSSR count). The van der Waals surface area contributed by atoms with Crippen molar-refractivity contribution in [2.24, 2.45) is 0 Å². The van der Waals surface area contributed by atoms with Crippen LogP contribution in [0.3, 0.4) is 0 Å². The second-order valence-electron chi connectivity index (χ2n) is 5.24. The Morgan fingerprint density at radius 3 is 2.60 bits per heavy atom. The van der Waals surface area contributed by atoms with Crippen LogP contribution in [0.25, 0.3) is 0 Å². The number of hydrogen-bond acceptors (Lipinski definition) is 3. The molecule has 1 amide bonds. The van der Waals surface area contributed by atoms with E-state index in [0.29, 0.717) is 21.9 Å². The van der Waals surface area contributed by atoms with Gasteiger partial charge in [0.25, 0.3) is 0 Å². The van der Waals surface area contributed by atoms with E-state index in [1.807, 2.05) is 0 Å². The Morgan fingerprint density at radius 2 is 2.05 bits per heavy atom. The number of rotatable bonds is 4. The third-order valence-corrected chi connectivity index (χ3v) is 3.21. The smallest absolute Gasteiger partial charge is 0.408 e. The van der Waals surface area contributed by atoms with Crippen LogP contribution >= 0.6 is 23.2 Å². The van der Waals surface area contributed by atoms with E-state index in [0.717, 1.165) is 0 Å². The number of amides is 1. The number of carbonyl (C=O) groups excluding carboxylic acids is 2. The largest absolute Gasteiger partial charge is 0.444 e. The summed E-state index contributed by atoms with van der Waals surface area (Å²) in [5, 5.41) is 3.31. The standard InChI is InChI=1S/C14H17Cl2NO3/c1-14(2,3)20-13(19)17-11(7-8-18)9-5-4-6-10(15)12(9)16/h4-6,8,11H,7H2,1-3H3,(H,17,19)/t11-/m0/s1. The van der Waals surface area contributed by atoms with Gasteiger partial charge in [0.05, 0.1) is 16.1 Å². The molecule has 0 aromatic heterocycles. The predicted octanol–water partition coefficient (Wildman–Crippen LogP) is 4.15. The fraction of sp³-hybridized carbons (Fsp3) is 0.429. The van der Waals surface area contributed by atoms with Gasteiger partial charge in [-0.2, -0.15) is 0 Å². The lowest BCUT2D eigenvalue weighted by Gasteiger charge is -2.23. The van der Waals surface area contributed by atoms with Gasteiger partial charge in [-0.1, -0.05) is 35.3 Å². The zero-order chi connectivity index (χ0) is 15.3.